The summed E-state index contributed by atoms with van der Waals surface area (Å²) in [5, 5.41) is 21.6. The molecule has 0 atom stereocenters. The van der Waals surface area contributed by atoms with Gasteiger partial charge in [-0.1, -0.05) is 6.58 Å². The third kappa shape index (κ3) is 3.35. The van der Waals surface area contributed by atoms with E-state index in [1.165, 1.54) is 13.0 Å². The number of rotatable bonds is 5. The van der Waals surface area contributed by atoms with Crippen molar-refractivity contribution in [1.82, 2.24) is 0 Å². The van der Waals surface area contributed by atoms with Gasteiger partial charge in [0.05, 0.1) is 9.85 Å². The summed E-state index contributed by atoms with van der Waals surface area (Å²) >= 11 is 0. The number of benzene rings is 1. The number of hydrogen-bond donors (Lipinski definition) is 0. The molecule has 19 heavy (non-hydrogen) atoms. The highest BCUT2D eigenvalue weighted by Crippen LogP contribution is 2.28. The summed E-state index contributed by atoms with van der Waals surface area (Å²) in [6.45, 7) is 4.18. The number of carbonyl (C=O) groups excluding carboxylic acids is 1. The maximum Gasteiger partial charge on any atom is 0.333 e. The Morgan fingerprint density at radius 2 is 1.74 bits per heavy atom. The summed E-state index contributed by atoms with van der Waals surface area (Å²) in [4.78, 5) is 31.3. The fourth-order valence-corrected chi connectivity index (χ4v) is 1.31. The first kappa shape index (κ1) is 14.3. The van der Waals surface area contributed by atoms with E-state index < -0.39 is 33.8 Å². The zero-order chi connectivity index (χ0) is 14.6. The molecular formula is C11H10N2O6. The molecule has 1 rings (SSSR count). The van der Waals surface area contributed by atoms with E-state index in [4.69, 9.17) is 4.74 Å². The number of hydrogen-bond acceptors (Lipinski definition) is 6. The van der Waals surface area contributed by atoms with Crippen LogP contribution in [-0.4, -0.2) is 15.8 Å². The summed E-state index contributed by atoms with van der Waals surface area (Å²) in [5.74, 6) is -0.771. The van der Waals surface area contributed by atoms with Gasteiger partial charge in [0.15, 0.2) is 0 Å². The van der Waals surface area contributed by atoms with E-state index >= 15 is 0 Å². The Bertz CT molecular complexity index is 534. The van der Waals surface area contributed by atoms with Gasteiger partial charge in [0, 0.05) is 17.7 Å². The normalized spacial score (nSPS) is 9.74. The standard InChI is InChI=1S/C11H10N2O6/c1-7(2)11(14)19-6-8-9(12(15)16)4-3-5-10(8)13(17)18/h3-5H,1,6H2,2H3. The SMILES string of the molecule is C=C(C)C(=O)OCc1c([N+](=O)[O-])cccc1[N+](=O)[O-]. The predicted octanol–water partition coefficient (Wildman–Crippen LogP) is 2.12. The van der Waals surface area contributed by atoms with E-state index in [1.807, 2.05) is 0 Å². The first-order chi connectivity index (χ1) is 8.84. The molecule has 0 radical (unpaired) electrons. The van der Waals surface area contributed by atoms with Crippen molar-refractivity contribution in [1.29, 1.82) is 0 Å². The number of nitro benzene ring substituents is 2. The van der Waals surface area contributed by atoms with Gasteiger partial charge in [-0.05, 0) is 13.0 Å². The molecule has 0 aliphatic carbocycles. The third-order valence-corrected chi connectivity index (χ3v) is 2.22. The average molecular weight is 266 g/mol. The van der Waals surface area contributed by atoms with Crippen LogP contribution in [0.1, 0.15) is 12.5 Å². The molecule has 100 valence electrons. The largest absolute Gasteiger partial charge is 0.457 e. The number of ether oxygens (including phenoxy) is 1. The number of nitrogens with zero attached hydrogens (tertiary/aromatic N) is 2. The fourth-order valence-electron chi connectivity index (χ4n) is 1.31. The molecule has 8 heteroatoms. The van der Waals surface area contributed by atoms with Crippen LogP contribution in [0.3, 0.4) is 0 Å². The molecule has 0 spiro atoms. The van der Waals surface area contributed by atoms with Crippen LogP contribution in [0, 0.1) is 20.2 Å². The molecule has 0 N–H and O–H groups in total. The molecule has 8 nitrogen and oxygen atoms in total. The average Bonchev–Trinajstić information content (AvgIpc) is 2.34. The second kappa shape index (κ2) is 5.71. The van der Waals surface area contributed by atoms with Crippen LogP contribution >= 0.6 is 0 Å². The Labute approximate surface area is 107 Å². The Morgan fingerprint density at radius 1 is 1.26 bits per heavy atom. The summed E-state index contributed by atoms with van der Waals surface area (Å²) in [6.07, 6.45) is 0. The van der Waals surface area contributed by atoms with Gasteiger partial charge in [-0.2, -0.15) is 0 Å². The molecule has 1 aromatic rings. The summed E-state index contributed by atoms with van der Waals surface area (Å²) < 4.78 is 4.72. The molecular weight excluding hydrogens is 256 g/mol. The second-order valence-electron chi connectivity index (χ2n) is 3.65. The monoisotopic (exact) mass is 266 g/mol. The minimum atomic E-state index is -0.771. The van der Waals surface area contributed by atoms with Crippen molar-refractivity contribution in [3.05, 3.63) is 56.1 Å². The van der Waals surface area contributed by atoms with Gasteiger partial charge in [0.25, 0.3) is 11.4 Å². The van der Waals surface area contributed by atoms with Crippen LogP contribution in [0.4, 0.5) is 11.4 Å². The zero-order valence-corrected chi connectivity index (χ0v) is 9.99. The van der Waals surface area contributed by atoms with E-state index in [-0.39, 0.29) is 11.1 Å². The van der Waals surface area contributed by atoms with Crippen molar-refractivity contribution < 1.29 is 19.4 Å². The van der Waals surface area contributed by atoms with Gasteiger partial charge in [-0.15, -0.1) is 0 Å². The maximum atomic E-state index is 11.2. The quantitative estimate of drug-likeness (QED) is 0.349. The van der Waals surface area contributed by atoms with Crippen LogP contribution in [0.25, 0.3) is 0 Å². The van der Waals surface area contributed by atoms with Gasteiger partial charge in [0.2, 0.25) is 0 Å². The summed E-state index contributed by atoms with van der Waals surface area (Å²) in [6, 6.07) is 3.41. The zero-order valence-electron chi connectivity index (χ0n) is 9.99. The number of esters is 1. The van der Waals surface area contributed by atoms with Gasteiger partial charge >= 0.3 is 5.97 Å². The lowest BCUT2D eigenvalue weighted by Crippen LogP contribution is -2.08. The smallest absolute Gasteiger partial charge is 0.333 e. The highest BCUT2D eigenvalue weighted by atomic mass is 16.6. The molecule has 0 heterocycles. The maximum absolute atomic E-state index is 11.2. The Kier molecular flexibility index (Phi) is 4.30. The minimum absolute atomic E-state index is 0.0984. The lowest BCUT2D eigenvalue weighted by atomic mass is 10.1. The third-order valence-electron chi connectivity index (χ3n) is 2.22. The van der Waals surface area contributed by atoms with Crippen molar-refractivity contribution in [3.63, 3.8) is 0 Å². The molecule has 0 aliphatic heterocycles. The topological polar surface area (TPSA) is 113 Å². The predicted molar refractivity (Wildman–Crippen MR) is 64.4 cm³/mol. The van der Waals surface area contributed by atoms with Gasteiger partial charge in [0.1, 0.15) is 12.2 Å². The lowest BCUT2D eigenvalue weighted by molar-refractivity contribution is -0.396. The van der Waals surface area contributed by atoms with Gasteiger partial charge in [-0.25, -0.2) is 4.79 Å². The van der Waals surface area contributed by atoms with Crippen LogP contribution in [0.15, 0.2) is 30.4 Å². The first-order valence-electron chi connectivity index (χ1n) is 5.08. The van der Waals surface area contributed by atoms with E-state index in [9.17, 15) is 25.0 Å². The van der Waals surface area contributed by atoms with Crippen molar-refractivity contribution in [2.24, 2.45) is 0 Å². The van der Waals surface area contributed by atoms with Crippen molar-refractivity contribution in [2.45, 2.75) is 13.5 Å². The van der Waals surface area contributed by atoms with Gasteiger partial charge < -0.3 is 4.74 Å². The number of carbonyl (C=O) groups is 1. The molecule has 0 saturated heterocycles. The van der Waals surface area contributed by atoms with Crippen LogP contribution in [-0.2, 0) is 16.1 Å². The van der Waals surface area contributed by atoms with E-state index in [2.05, 4.69) is 6.58 Å². The van der Waals surface area contributed by atoms with Gasteiger partial charge in [-0.3, -0.25) is 20.2 Å². The van der Waals surface area contributed by atoms with E-state index in [0.717, 1.165) is 12.1 Å². The van der Waals surface area contributed by atoms with E-state index in [0.29, 0.717) is 0 Å². The van der Waals surface area contributed by atoms with Crippen molar-refractivity contribution >= 4 is 17.3 Å². The Morgan fingerprint density at radius 3 is 2.11 bits per heavy atom. The molecule has 0 aromatic heterocycles. The van der Waals surface area contributed by atoms with Crippen molar-refractivity contribution in [3.8, 4) is 0 Å². The first-order valence-corrected chi connectivity index (χ1v) is 5.08. The molecule has 0 unspecified atom stereocenters. The highest BCUT2D eigenvalue weighted by Gasteiger charge is 2.25. The summed E-state index contributed by atoms with van der Waals surface area (Å²) in [5.41, 5.74) is -1.10. The molecule has 1 aromatic carbocycles. The van der Waals surface area contributed by atoms with Crippen LogP contribution in [0.5, 0.6) is 0 Å². The molecule has 0 bridgehead atoms. The van der Waals surface area contributed by atoms with Crippen molar-refractivity contribution in [2.75, 3.05) is 0 Å². The molecule has 0 amide bonds. The number of nitro groups is 2. The molecule has 0 aliphatic rings. The molecule has 0 saturated carbocycles. The summed E-state index contributed by atoms with van der Waals surface area (Å²) in [7, 11) is 0. The molecule has 0 fully saturated rings. The van der Waals surface area contributed by atoms with E-state index in [1.54, 1.807) is 0 Å². The minimum Gasteiger partial charge on any atom is -0.457 e. The Hall–Kier alpha value is -2.77. The van der Waals surface area contributed by atoms with Crippen LogP contribution in [0.2, 0.25) is 0 Å². The Balaban J connectivity index is 3.15. The second-order valence-corrected chi connectivity index (χ2v) is 3.65. The van der Waals surface area contributed by atoms with Crippen LogP contribution < -0.4 is 0 Å². The lowest BCUT2D eigenvalue weighted by Gasteiger charge is -2.05. The highest BCUT2D eigenvalue weighted by molar-refractivity contribution is 5.87. The fraction of sp³-hybridized carbons (Fsp3) is 0.182.